The summed E-state index contributed by atoms with van der Waals surface area (Å²) in [7, 11) is 0. The molecule has 1 aromatic rings. The van der Waals surface area contributed by atoms with Crippen LogP contribution < -0.4 is 0 Å². The van der Waals surface area contributed by atoms with Crippen molar-refractivity contribution in [2.75, 3.05) is 0 Å². The van der Waals surface area contributed by atoms with Crippen LogP contribution in [0.4, 0.5) is 4.39 Å². The zero-order valence-corrected chi connectivity index (χ0v) is 9.64. The highest BCUT2D eigenvalue weighted by molar-refractivity contribution is 6.30. The van der Waals surface area contributed by atoms with Gasteiger partial charge in [-0.15, -0.1) is 0 Å². The molecule has 0 saturated heterocycles. The monoisotopic (exact) mass is 228 g/mol. The van der Waals surface area contributed by atoms with Gasteiger partial charge in [0.2, 0.25) is 0 Å². The molecule has 1 nitrogen and oxygen atoms in total. The van der Waals surface area contributed by atoms with Gasteiger partial charge in [-0.05, 0) is 30.2 Å². The molecule has 0 saturated carbocycles. The van der Waals surface area contributed by atoms with Crippen molar-refractivity contribution in [3.8, 4) is 0 Å². The van der Waals surface area contributed by atoms with Crippen molar-refractivity contribution in [3.05, 3.63) is 34.6 Å². The van der Waals surface area contributed by atoms with Gasteiger partial charge < -0.3 is 0 Å². The van der Waals surface area contributed by atoms with Crippen LogP contribution in [-0.2, 0) is 11.2 Å². The van der Waals surface area contributed by atoms with Gasteiger partial charge in [-0.25, -0.2) is 4.39 Å². The van der Waals surface area contributed by atoms with Crippen molar-refractivity contribution in [3.63, 3.8) is 0 Å². The van der Waals surface area contributed by atoms with Crippen molar-refractivity contribution < 1.29 is 9.18 Å². The van der Waals surface area contributed by atoms with Gasteiger partial charge in [-0.3, -0.25) is 4.79 Å². The van der Waals surface area contributed by atoms with Gasteiger partial charge in [-0.2, -0.15) is 0 Å². The molecule has 0 aromatic heterocycles. The molecule has 0 amide bonds. The topological polar surface area (TPSA) is 17.1 Å². The summed E-state index contributed by atoms with van der Waals surface area (Å²) >= 11 is 5.76. The molecule has 1 unspecified atom stereocenters. The predicted octanol–water partition coefficient (Wildman–Crippen LogP) is 3.64. The van der Waals surface area contributed by atoms with Crippen LogP contribution in [-0.4, -0.2) is 5.78 Å². The molecule has 1 aromatic carbocycles. The van der Waals surface area contributed by atoms with Gasteiger partial charge in [0.1, 0.15) is 11.6 Å². The highest BCUT2D eigenvalue weighted by atomic mass is 35.5. The normalized spacial score (nSPS) is 12.5. The zero-order valence-electron chi connectivity index (χ0n) is 8.89. The molecule has 15 heavy (non-hydrogen) atoms. The number of carbonyl (C=O) groups excluding carboxylic acids is 1. The molecule has 0 N–H and O–H groups in total. The predicted molar refractivity (Wildman–Crippen MR) is 59.6 cm³/mol. The highest BCUT2D eigenvalue weighted by Gasteiger charge is 2.13. The molecule has 0 radical (unpaired) electrons. The molecule has 0 spiro atoms. The van der Waals surface area contributed by atoms with Gasteiger partial charge in [0, 0.05) is 17.4 Å². The quantitative estimate of drug-likeness (QED) is 0.769. The fourth-order valence-corrected chi connectivity index (χ4v) is 1.69. The Morgan fingerprint density at radius 3 is 2.80 bits per heavy atom. The summed E-state index contributed by atoms with van der Waals surface area (Å²) in [6.45, 7) is 3.62. The van der Waals surface area contributed by atoms with E-state index in [1.54, 1.807) is 6.07 Å². The second-order valence-electron chi connectivity index (χ2n) is 3.66. The second kappa shape index (κ2) is 5.26. The van der Waals surface area contributed by atoms with E-state index in [0.717, 1.165) is 0 Å². The van der Waals surface area contributed by atoms with E-state index >= 15 is 0 Å². The van der Waals surface area contributed by atoms with E-state index in [1.165, 1.54) is 12.1 Å². The van der Waals surface area contributed by atoms with E-state index in [4.69, 9.17) is 11.6 Å². The van der Waals surface area contributed by atoms with Gasteiger partial charge in [0.15, 0.2) is 0 Å². The fraction of sp³-hybridized carbons (Fsp3) is 0.417. The number of halogens is 2. The van der Waals surface area contributed by atoms with Crippen LogP contribution in [0.1, 0.15) is 25.8 Å². The van der Waals surface area contributed by atoms with Gasteiger partial charge in [-0.1, -0.05) is 25.4 Å². The number of hydrogen-bond acceptors (Lipinski definition) is 1. The minimum absolute atomic E-state index is 0.148. The Labute approximate surface area is 94.3 Å². The molecule has 0 aliphatic heterocycles. The van der Waals surface area contributed by atoms with Crippen LogP contribution in [0.25, 0.3) is 0 Å². The van der Waals surface area contributed by atoms with E-state index in [9.17, 15) is 9.18 Å². The maximum Gasteiger partial charge on any atom is 0.135 e. The molecular weight excluding hydrogens is 215 g/mol. The average molecular weight is 229 g/mol. The first-order chi connectivity index (χ1) is 7.04. The van der Waals surface area contributed by atoms with E-state index in [-0.39, 0.29) is 17.5 Å². The smallest absolute Gasteiger partial charge is 0.135 e. The van der Waals surface area contributed by atoms with Gasteiger partial charge >= 0.3 is 0 Å². The number of Topliss-reactive ketones (excluding diaryl/α,β-unsaturated/α-hetero) is 1. The van der Waals surface area contributed by atoms with Crippen LogP contribution in [0.15, 0.2) is 18.2 Å². The van der Waals surface area contributed by atoms with Crippen molar-refractivity contribution in [1.82, 2.24) is 0 Å². The summed E-state index contributed by atoms with van der Waals surface area (Å²) in [6, 6.07) is 4.42. The second-order valence-corrected chi connectivity index (χ2v) is 4.10. The first-order valence-corrected chi connectivity index (χ1v) is 5.39. The molecule has 0 fully saturated rings. The van der Waals surface area contributed by atoms with Crippen LogP contribution in [0, 0.1) is 11.7 Å². The molecule has 82 valence electrons. The van der Waals surface area contributed by atoms with Gasteiger partial charge in [0.25, 0.3) is 0 Å². The third-order valence-corrected chi connectivity index (χ3v) is 2.67. The summed E-state index contributed by atoms with van der Waals surface area (Å²) in [5.74, 6) is -0.299. The minimum Gasteiger partial charge on any atom is -0.299 e. The van der Waals surface area contributed by atoms with Gasteiger partial charge in [0.05, 0.1) is 0 Å². The summed E-state index contributed by atoms with van der Waals surface area (Å²) in [5, 5.41) is 0.502. The number of benzene rings is 1. The summed E-state index contributed by atoms with van der Waals surface area (Å²) in [5.41, 5.74) is 0.511. The third kappa shape index (κ3) is 3.31. The lowest BCUT2D eigenvalue weighted by Gasteiger charge is -2.10. The Hall–Kier alpha value is -0.890. The Kier molecular flexibility index (Phi) is 4.28. The molecule has 1 rings (SSSR count). The average Bonchev–Trinajstić information content (AvgIpc) is 2.22. The maximum absolute atomic E-state index is 13.3. The Morgan fingerprint density at radius 1 is 1.53 bits per heavy atom. The van der Waals surface area contributed by atoms with E-state index in [1.807, 2.05) is 13.8 Å². The lowest BCUT2D eigenvalue weighted by Crippen LogP contribution is -2.13. The summed E-state index contributed by atoms with van der Waals surface area (Å²) in [4.78, 5) is 11.4. The zero-order chi connectivity index (χ0) is 11.4. The lowest BCUT2D eigenvalue weighted by molar-refractivity contribution is -0.122. The molecule has 3 heteroatoms. The number of rotatable bonds is 4. The lowest BCUT2D eigenvalue weighted by atomic mass is 9.95. The summed E-state index contributed by atoms with van der Waals surface area (Å²) < 4.78 is 13.3. The Balaban J connectivity index is 2.80. The van der Waals surface area contributed by atoms with Crippen LogP contribution in [0.5, 0.6) is 0 Å². The maximum atomic E-state index is 13.3. The number of carbonyl (C=O) groups is 1. The highest BCUT2D eigenvalue weighted by Crippen LogP contribution is 2.18. The minimum atomic E-state index is -0.296. The first kappa shape index (κ1) is 12.2. The Morgan fingerprint density at radius 2 is 2.20 bits per heavy atom. The van der Waals surface area contributed by atoms with Crippen molar-refractivity contribution in [1.29, 1.82) is 0 Å². The summed E-state index contributed by atoms with van der Waals surface area (Å²) in [6.07, 6.45) is 0.905. The standard InChI is InChI=1S/C12H14ClFO/c1-3-12(15)8(2)6-9-7-10(13)4-5-11(9)14/h4-5,7-8H,3,6H2,1-2H3. The van der Waals surface area contributed by atoms with Crippen molar-refractivity contribution in [2.45, 2.75) is 26.7 Å². The fourth-order valence-electron chi connectivity index (χ4n) is 1.49. The molecular formula is C12H14ClFO. The third-order valence-electron chi connectivity index (χ3n) is 2.43. The molecule has 0 aliphatic carbocycles. The van der Waals surface area contributed by atoms with E-state index < -0.39 is 0 Å². The number of ketones is 1. The number of hydrogen-bond donors (Lipinski definition) is 0. The van der Waals surface area contributed by atoms with Crippen molar-refractivity contribution in [2.24, 2.45) is 5.92 Å². The first-order valence-electron chi connectivity index (χ1n) is 5.01. The Bertz CT molecular complexity index is 363. The molecule has 0 aliphatic rings. The molecule has 0 heterocycles. The SMILES string of the molecule is CCC(=O)C(C)Cc1cc(Cl)ccc1F. The largest absolute Gasteiger partial charge is 0.299 e. The van der Waals surface area contributed by atoms with E-state index in [0.29, 0.717) is 23.4 Å². The molecule has 0 bridgehead atoms. The van der Waals surface area contributed by atoms with Crippen molar-refractivity contribution >= 4 is 17.4 Å². The molecule has 1 atom stereocenters. The van der Waals surface area contributed by atoms with Crippen LogP contribution in [0.3, 0.4) is 0 Å². The van der Waals surface area contributed by atoms with Crippen LogP contribution in [0.2, 0.25) is 5.02 Å². The van der Waals surface area contributed by atoms with Crippen LogP contribution >= 0.6 is 11.6 Å². The van der Waals surface area contributed by atoms with E-state index in [2.05, 4.69) is 0 Å².